The Hall–Kier alpha value is -2.23. The van der Waals surface area contributed by atoms with Crippen LogP contribution < -0.4 is 10.6 Å². The fraction of sp³-hybridized carbons (Fsp3) is 0.854. The van der Waals surface area contributed by atoms with E-state index in [1.807, 2.05) is 6.79 Å². The molecule has 57 heavy (non-hydrogen) atoms. The number of carbonyl (C=O) groups is 3. The average Bonchev–Trinajstić information content (AvgIpc) is 3.23. The molecule has 0 saturated heterocycles. The number of rotatable bonds is 39. The van der Waals surface area contributed by atoms with Crippen molar-refractivity contribution < 1.29 is 29.7 Å². The van der Waals surface area contributed by atoms with Gasteiger partial charge < -0.3 is 35.6 Å². The smallest absolute Gasteiger partial charge is 0.290 e. The molecule has 9 heteroatoms. The minimum absolute atomic E-state index is 0.0330. The van der Waals surface area contributed by atoms with Gasteiger partial charge in [0, 0.05) is 32.4 Å². The molecule has 0 aliphatic heterocycles. The number of carbonyl (C=O) groups excluding carboxylic acids is 2. The quantitative estimate of drug-likeness (QED) is 0.0233. The number of nitrogens with zero attached hydrogens (tertiary/aromatic N) is 1. The highest BCUT2D eigenvalue weighted by Gasteiger charge is 2.30. The number of ketones is 1. The molecule has 0 aromatic carbocycles. The monoisotopic (exact) mass is 810 g/mol. The Morgan fingerprint density at radius 1 is 0.561 bits per heavy atom. The second-order valence-corrected chi connectivity index (χ2v) is 15.8. The van der Waals surface area contributed by atoms with Gasteiger partial charge in [0.15, 0.2) is 0 Å². The van der Waals surface area contributed by atoms with Crippen LogP contribution in [-0.4, -0.2) is 85.7 Å². The van der Waals surface area contributed by atoms with Crippen molar-refractivity contribution in [2.45, 2.75) is 213 Å². The molecule has 0 bridgehead atoms. The number of aliphatic hydroxyl groups is 2. The summed E-state index contributed by atoms with van der Waals surface area (Å²) in [6.07, 6.45) is 40.0. The van der Waals surface area contributed by atoms with Crippen molar-refractivity contribution >= 4 is 19.0 Å². The van der Waals surface area contributed by atoms with Gasteiger partial charge >= 0.3 is 0 Å². The summed E-state index contributed by atoms with van der Waals surface area (Å²) in [6.45, 7) is 17.4. The van der Waals surface area contributed by atoms with Gasteiger partial charge in [-0.2, -0.15) is 0 Å². The maximum Gasteiger partial charge on any atom is 0.290 e. The van der Waals surface area contributed by atoms with E-state index in [0.29, 0.717) is 24.5 Å². The van der Waals surface area contributed by atoms with Crippen LogP contribution >= 0.6 is 0 Å². The molecular formula is C48H95N3O6. The number of unbranched alkanes of at least 4 members (excludes halogenated alkanes) is 21. The van der Waals surface area contributed by atoms with Crippen molar-refractivity contribution in [2.75, 3.05) is 46.4 Å². The van der Waals surface area contributed by atoms with E-state index >= 15 is 0 Å². The number of Topliss-reactive ketones (excluding diaryl/α,β-unsaturated/α-hetero) is 1. The van der Waals surface area contributed by atoms with Gasteiger partial charge in [-0.15, -0.1) is 0 Å². The van der Waals surface area contributed by atoms with Gasteiger partial charge in [0.25, 0.3) is 6.47 Å². The third kappa shape index (κ3) is 39.0. The van der Waals surface area contributed by atoms with Crippen LogP contribution in [0, 0.1) is 5.92 Å². The molecule has 1 rings (SSSR count). The van der Waals surface area contributed by atoms with E-state index in [1.165, 1.54) is 173 Å². The van der Waals surface area contributed by atoms with E-state index < -0.39 is 0 Å². The largest absolute Gasteiger partial charge is 0.483 e. The van der Waals surface area contributed by atoms with Gasteiger partial charge in [0.1, 0.15) is 12.5 Å². The highest BCUT2D eigenvalue weighted by atomic mass is 16.3. The molecule has 0 heterocycles. The molecule has 338 valence electrons. The Balaban J connectivity index is -0.00000193. The average molecular weight is 810 g/mol. The molecule has 1 aliphatic rings. The van der Waals surface area contributed by atoms with Gasteiger partial charge in [0.2, 0.25) is 5.78 Å². The number of hydrogen-bond acceptors (Lipinski definition) is 8. The third-order valence-corrected chi connectivity index (χ3v) is 10.9. The van der Waals surface area contributed by atoms with E-state index in [4.69, 9.17) is 24.9 Å². The first-order chi connectivity index (χ1) is 27.9. The molecule has 9 nitrogen and oxygen atoms in total. The molecular weight excluding hydrogens is 715 g/mol. The molecule has 0 fully saturated rings. The molecule has 0 aromatic rings. The molecule has 1 aliphatic carbocycles. The minimum Gasteiger partial charge on any atom is -0.483 e. The van der Waals surface area contributed by atoms with E-state index in [9.17, 15) is 4.79 Å². The standard InChI is InChI=1S/C39H75N3O2.C7H16O.CH2O2.CH2O/c1-5-7-9-11-14-20-27-36(28-21-15-12-10-8-6-2)29-22-16-13-17-23-31-42(32-24-18-19-25-34-43)33-26-30-41-37-35(3)39(44)38(37)40-4;1-2-3-4-5-6-7-8;2-1-3;1-2/h36,40-41,43H,3,5-34H2,1-2,4H3;8H,2-7H2,1H3;1H,(H,2,3);1H2. The normalized spacial score (nSPS) is 12.0. The number of aliphatic hydroxyl groups excluding tert-OH is 2. The maximum absolute atomic E-state index is 11.9. The van der Waals surface area contributed by atoms with Crippen molar-refractivity contribution in [3.63, 3.8) is 0 Å². The Labute approximate surface area is 352 Å². The Morgan fingerprint density at radius 3 is 1.26 bits per heavy atom. The summed E-state index contributed by atoms with van der Waals surface area (Å²) < 4.78 is 0. The molecule has 0 atom stereocenters. The minimum atomic E-state index is -0.250. The first-order valence-corrected chi connectivity index (χ1v) is 23.6. The Kier molecular flexibility index (Phi) is 51.7. The number of hydrogen-bond donors (Lipinski definition) is 5. The van der Waals surface area contributed by atoms with Crippen LogP contribution in [0.4, 0.5) is 0 Å². The Bertz CT molecular complexity index is 877. The van der Waals surface area contributed by atoms with E-state index in [2.05, 4.69) is 42.9 Å². The molecule has 5 N–H and O–H groups in total. The van der Waals surface area contributed by atoms with Crippen LogP contribution in [0.2, 0.25) is 0 Å². The summed E-state index contributed by atoms with van der Waals surface area (Å²) in [5, 5.41) is 30.8. The zero-order valence-electron chi connectivity index (χ0n) is 38.0. The molecule has 0 saturated carbocycles. The molecule has 0 amide bonds. The van der Waals surface area contributed by atoms with E-state index in [0.717, 1.165) is 56.9 Å². The van der Waals surface area contributed by atoms with Crippen LogP contribution in [0.15, 0.2) is 23.5 Å². The fourth-order valence-electron chi connectivity index (χ4n) is 7.43. The third-order valence-electron chi connectivity index (χ3n) is 10.9. The van der Waals surface area contributed by atoms with Gasteiger partial charge in [-0.25, -0.2) is 0 Å². The number of likely N-dealkylation sites (N-methyl/N-ethyl adjacent to an activating group) is 1. The second-order valence-electron chi connectivity index (χ2n) is 15.8. The van der Waals surface area contributed by atoms with Gasteiger partial charge in [-0.05, 0) is 57.7 Å². The van der Waals surface area contributed by atoms with Crippen LogP contribution in [0.1, 0.15) is 213 Å². The van der Waals surface area contributed by atoms with Crippen molar-refractivity contribution in [3.05, 3.63) is 23.5 Å². The zero-order valence-corrected chi connectivity index (χ0v) is 38.0. The topological polar surface area (TPSA) is 139 Å². The van der Waals surface area contributed by atoms with Crippen molar-refractivity contribution in [1.29, 1.82) is 0 Å². The highest BCUT2D eigenvalue weighted by molar-refractivity contribution is 6.18. The number of nitrogens with one attached hydrogen (secondary N) is 2. The van der Waals surface area contributed by atoms with Crippen molar-refractivity contribution in [3.8, 4) is 0 Å². The summed E-state index contributed by atoms with van der Waals surface area (Å²) in [4.78, 5) is 30.9. The number of allylic oxidation sites excluding steroid dienone is 2. The molecule has 0 aromatic heterocycles. The van der Waals surface area contributed by atoms with Crippen molar-refractivity contribution in [2.24, 2.45) is 5.92 Å². The second kappa shape index (κ2) is 49.9. The Morgan fingerprint density at radius 2 is 0.895 bits per heavy atom. The SMILES string of the molecule is C=C1C(=O)C(NC)=C1NCCCN(CCCCCCO)CCCCCCCC(CCCCCCCC)CCCCCCCC.C=O.CCCCCCCO.O=CO. The predicted octanol–water partition coefficient (Wildman–Crippen LogP) is 11.3. The lowest BCUT2D eigenvalue weighted by molar-refractivity contribution is -0.123. The summed E-state index contributed by atoms with van der Waals surface area (Å²) in [7, 11) is 1.80. The van der Waals surface area contributed by atoms with Gasteiger partial charge in [0.05, 0.1) is 5.70 Å². The molecule has 0 radical (unpaired) electrons. The van der Waals surface area contributed by atoms with Crippen LogP contribution in [0.5, 0.6) is 0 Å². The van der Waals surface area contributed by atoms with Gasteiger partial charge in [-0.3, -0.25) is 9.59 Å². The lowest BCUT2D eigenvalue weighted by Crippen LogP contribution is -2.38. The fourth-order valence-corrected chi connectivity index (χ4v) is 7.43. The van der Waals surface area contributed by atoms with Crippen LogP contribution in [0.3, 0.4) is 0 Å². The van der Waals surface area contributed by atoms with Crippen LogP contribution in [0.25, 0.3) is 0 Å². The molecule has 0 spiro atoms. The predicted molar refractivity (Wildman–Crippen MR) is 244 cm³/mol. The highest BCUT2D eigenvalue weighted by Crippen LogP contribution is 2.25. The summed E-state index contributed by atoms with van der Waals surface area (Å²) in [6, 6.07) is 0. The lowest BCUT2D eigenvalue weighted by Gasteiger charge is -2.26. The van der Waals surface area contributed by atoms with Crippen LogP contribution in [-0.2, 0) is 14.4 Å². The lowest BCUT2D eigenvalue weighted by atomic mass is 9.89. The summed E-state index contributed by atoms with van der Waals surface area (Å²) >= 11 is 0. The first-order valence-electron chi connectivity index (χ1n) is 23.6. The van der Waals surface area contributed by atoms with E-state index in [-0.39, 0.29) is 12.3 Å². The zero-order chi connectivity index (χ0) is 43.0. The van der Waals surface area contributed by atoms with Crippen molar-refractivity contribution in [1.82, 2.24) is 15.5 Å². The number of carboxylic acid groups (broad SMARTS) is 1. The van der Waals surface area contributed by atoms with Gasteiger partial charge in [-0.1, -0.05) is 188 Å². The summed E-state index contributed by atoms with van der Waals surface area (Å²) in [5.41, 5.74) is 2.17. The summed E-state index contributed by atoms with van der Waals surface area (Å²) in [5.74, 6) is 1.00. The van der Waals surface area contributed by atoms with E-state index in [1.54, 1.807) is 7.05 Å². The molecule has 0 unspecified atom stereocenters. The maximum atomic E-state index is 11.9. The first kappa shape index (κ1) is 59.1.